The number of nitrogens with one attached hydrogen (secondary N) is 3. The van der Waals surface area contributed by atoms with Gasteiger partial charge in [0.25, 0.3) is 0 Å². The third kappa shape index (κ3) is 3.47. The normalized spacial score (nSPS) is 18.0. The van der Waals surface area contributed by atoms with Gasteiger partial charge >= 0.3 is 0 Å². The Kier molecular flexibility index (Phi) is 5.19. The van der Waals surface area contributed by atoms with Gasteiger partial charge in [-0.25, -0.2) is 0 Å². The van der Waals surface area contributed by atoms with Crippen LogP contribution in [0.1, 0.15) is 6.92 Å². The molecule has 0 radical (unpaired) electrons. The first kappa shape index (κ1) is 10.3. The van der Waals surface area contributed by atoms with E-state index in [1.54, 1.807) is 0 Å². The molecular formula is C5H19N3Si2. The highest BCUT2D eigenvalue weighted by Crippen LogP contribution is 1.96. The van der Waals surface area contributed by atoms with Crippen molar-refractivity contribution in [1.29, 1.82) is 0 Å². The molecule has 0 saturated heterocycles. The van der Waals surface area contributed by atoms with Crippen LogP contribution >= 0.6 is 0 Å². The summed E-state index contributed by atoms with van der Waals surface area (Å²) in [6, 6.07) is 1.25. The van der Waals surface area contributed by atoms with Crippen LogP contribution in [0.25, 0.3) is 0 Å². The highest BCUT2D eigenvalue weighted by atomic mass is 28.4. The standard InChI is InChI=1S/C5H19N3Si2/c1-5-10(4,7-3)8-9-6-2/h6-8H,5,9H2,1-4H3. The molecule has 0 aliphatic heterocycles. The average Bonchev–Trinajstić information content (AvgIpc) is 2.00. The minimum Gasteiger partial charge on any atom is -0.340 e. The Hall–Kier alpha value is 0.314. The molecule has 0 aromatic rings. The third-order valence-electron chi connectivity index (χ3n) is 1.91. The fourth-order valence-corrected chi connectivity index (χ4v) is 5.00. The van der Waals surface area contributed by atoms with Crippen LogP contribution in [0.2, 0.25) is 12.6 Å². The largest absolute Gasteiger partial charge is 0.340 e. The SMILES string of the molecule is CC[Si](C)(NC)N[SiH2]NC. The smallest absolute Gasteiger partial charge is 0.191 e. The lowest BCUT2D eigenvalue weighted by molar-refractivity contribution is 1.04. The van der Waals surface area contributed by atoms with Crippen LogP contribution in [0.4, 0.5) is 0 Å². The van der Waals surface area contributed by atoms with Gasteiger partial charge < -0.3 is 14.6 Å². The summed E-state index contributed by atoms with van der Waals surface area (Å²) in [4.78, 5) is 6.60. The van der Waals surface area contributed by atoms with E-state index in [4.69, 9.17) is 0 Å². The zero-order valence-electron chi connectivity index (χ0n) is 7.41. The Morgan fingerprint density at radius 1 is 1.40 bits per heavy atom. The molecule has 0 aromatic carbocycles. The molecule has 0 rings (SSSR count). The van der Waals surface area contributed by atoms with E-state index in [0.29, 0.717) is 0 Å². The molecule has 1 atom stereocenters. The first-order valence-electron chi connectivity index (χ1n) is 3.77. The van der Waals surface area contributed by atoms with Crippen molar-refractivity contribution >= 4 is 18.2 Å². The molecule has 0 heterocycles. The van der Waals surface area contributed by atoms with E-state index in [2.05, 4.69) is 28.1 Å². The van der Waals surface area contributed by atoms with Crippen LogP contribution in [-0.4, -0.2) is 32.3 Å². The van der Waals surface area contributed by atoms with E-state index in [1.807, 2.05) is 14.1 Å². The fraction of sp³-hybridized carbons (Fsp3) is 1.00. The molecule has 0 amide bonds. The van der Waals surface area contributed by atoms with E-state index in [9.17, 15) is 0 Å². The Morgan fingerprint density at radius 3 is 2.30 bits per heavy atom. The summed E-state index contributed by atoms with van der Waals surface area (Å²) >= 11 is 0. The molecule has 0 fully saturated rings. The van der Waals surface area contributed by atoms with Crippen LogP contribution < -0.4 is 14.6 Å². The first-order valence-corrected chi connectivity index (χ1v) is 7.89. The monoisotopic (exact) mass is 177 g/mol. The highest BCUT2D eigenvalue weighted by molar-refractivity contribution is 6.79. The number of rotatable bonds is 5. The first-order chi connectivity index (χ1) is 4.68. The minimum absolute atomic E-state index is 0.205. The molecule has 0 aliphatic rings. The van der Waals surface area contributed by atoms with Gasteiger partial charge in [0.1, 0.15) is 0 Å². The van der Waals surface area contributed by atoms with Crippen LogP contribution in [0.15, 0.2) is 0 Å². The van der Waals surface area contributed by atoms with Crippen LogP contribution in [0, 0.1) is 0 Å². The predicted octanol–water partition coefficient (Wildman–Crippen LogP) is -0.894. The van der Waals surface area contributed by atoms with Crippen LogP contribution in [0.5, 0.6) is 0 Å². The van der Waals surface area contributed by atoms with Crippen molar-refractivity contribution in [3.8, 4) is 0 Å². The Bertz CT molecular complexity index is 85.0. The van der Waals surface area contributed by atoms with Gasteiger partial charge in [-0.3, -0.25) is 0 Å². The molecule has 0 bridgehead atoms. The van der Waals surface area contributed by atoms with E-state index < -0.39 is 8.40 Å². The van der Waals surface area contributed by atoms with E-state index in [0.717, 1.165) is 0 Å². The van der Waals surface area contributed by atoms with Gasteiger partial charge in [-0.05, 0) is 26.7 Å². The molecule has 3 nitrogen and oxygen atoms in total. The predicted molar refractivity (Wildman–Crippen MR) is 51.9 cm³/mol. The zero-order chi connectivity index (χ0) is 8.04. The Morgan fingerprint density at radius 2 is 2.00 bits per heavy atom. The van der Waals surface area contributed by atoms with Crippen LogP contribution in [-0.2, 0) is 0 Å². The van der Waals surface area contributed by atoms with Crippen molar-refractivity contribution < 1.29 is 0 Å². The maximum atomic E-state index is 3.60. The second kappa shape index (κ2) is 5.03. The van der Waals surface area contributed by atoms with Gasteiger partial charge in [0, 0.05) is 0 Å². The molecular weight excluding hydrogens is 158 g/mol. The second-order valence-electron chi connectivity index (χ2n) is 2.64. The fourth-order valence-electron chi connectivity index (χ4n) is 0.674. The van der Waals surface area contributed by atoms with Crippen LogP contribution in [0.3, 0.4) is 0 Å². The van der Waals surface area contributed by atoms with Gasteiger partial charge in [0.15, 0.2) is 18.2 Å². The lowest BCUT2D eigenvalue weighted by Gasteiger charge is -2.25. The van der Waals surface area contributed by atoms with Gasteiger partial charge in [-0.1, -0.05) is 6.92 Å². The van der Waals surface area contributed by atoms with Crippen molar-refractivity contribution in [2.45, 2.75) is 19.5 Å². The lowest BCUT2D eigenvalue weighted by atomic mass is 11.0. The van der Waals surface area contributed by atoms with Gasteiger partial charge in [-0.2, -0.15) is 0 Å². The van der Waals surface area contributed by atoms with Crippen molar-refractivity contribution in [3.05, 3.63) is 0 Å². The molecule has 5 heteroatoms. The molecule has 0 aliphatic carbocycles. The van der Waals surface area contributed by atoms with Gasteiger partial charge in [0.05, 0.1) is 0 Å². The minimum atomic E-state index is -1.22. The molecule has 10 heavy (non-hydrogen) atoms. The van der Waals surface area contributed by atoms with Crippen molar-refractivity contribution in [3.63, 3.8) is 0 Å². The zero-order valence-corrected chi connectivity index (χ0v) is 9.83. The molecule has 3 N–H and O–H groups in total. The summed E-state index contributed by atoms with van der Waals surface area (Å²) in [5.41, 5.74) is 0. The Balaban J connectivity index is 3.58. The summed E-state index contributed by atoms with van der Waals surface area (Å²) in [5, 5.41) is 0. The summed E-state index contributed by atoms with van der Waals surface area (Å²) in [5.74, 6) is 0. The maximum absolute atomic E-state index is 3.60. The molecule has 0 saturated carbocycles. The molecule has 62 valence electrons. The van der Waals surface area contributed by atoms with Gasteiger partial charge in [0.2, 0.25) is 0 Å². The van der Waals surface area contributed by atoms with E-state index in [1.165, 1.54) is 6.04 Å². The molecule has 0 aromatic heterocycles. The third-order valence-corrected chi connectivity index (χ3v) is 8.61. The topological polar surface area (TPSA) is 36.1 Å². The maximum Gasteiger partial charge on any atom is 0.191 e. The Labute approximate surface area is 67.1 Å². The summed E-state index contributed by atoms with van der Waals surface area (Å²) in [6.07, 6.45) is 0. The number of hydrogen-bond donors (Lipinski definition) is 3. The molecule has 0 spiro atoms. The summed E-state index contributed by atoms with van der Waals surface area (Å²) in [6.45, 7) is 4.55. The average molecular weight is 177 g/mol. The lowest BCUT2D eigenvalue weighted by Crippen LogP contribution is -2.61. The van der Waals surface area contributed by atoms with Crippen molar-refractivity contribution in [2.75, 3.05) is 14.1 Å². The van der Waals surface area contributed by atoms with Crippen molar-refractivity contribution in [1.82, 2.24) is 14.6 Å². The van der Waals surface area contributed by atoms with Crippen molar-refractivity contribution in [2.24, 2.45) is 0 Å². The quantitative estimate of drug-likeness (QED) is 0.477. The van der Waals surface area contributed by atoms with E-state index in [-0.39, 0.29) is 9.84 Å². The number of hydrogen-bond acceptors (Lipinski definition) is 3. The summed E-state index contributed by atoms with van der Waals surface area (Å²) in [7, 11) is 2.64. The molecule has 1 unspecified atom stereocenters. The highest BCUT2D eigenvalue weighted by Gasteiger charge is 2.21. The van der Waals surface area contributed by atoms with Gasteiger partial charge in [-0.15, -0.1) is 0 Å². The van der Waals surface area contributed by atoms with E-state index >= 15 is 0 Å². The second-order valence-corrected chi connectivity index (χ2v) is 8.99. The summed E-state index contributed by atoms with van der Waals surface area (Å²) < 4.78 is 3.60.